The molecule has 1 fully saturated rings. The van der Waals surface area contributed by atoms with Crippen LogP contribution >= 0.6 is 7.26 Å². The molecule has 0 spiro atoms. The molecular formula is C10H22OP+. The summed E-state index contributed by atoms with van der Waals surface area (Å²) in [6, 6.07) is 0. The summed E-state index contributed by atoms with van der Waals surface area (Å²) in [7, 11) is -0.826. The molecule has 1 nitrogen and oxygen atoms in total. The minimum atomic E-state index is -0.826. The summed E-state index contributed by atoms with van der Waals surface area (Å²) in [5.74, 6) is 0. The van der Waals surface area contributed by atoms with Crippen LogP contribution in [0.25, 0.3) is 0 Å². The second-order valence-electron chi connectivity index (χ2n) is 5.67. The Morgan fingerprint density at radius 3 is 1.58 bits per heavy atom. The monoisotopic (exact) mass is 189 g/mol. The minimum absolute atomic E-state index is 0.0315. The van der Waals surface area contributed by atoms with Crippen LogP contribution in [0, 0.1) is 0 Å². The molecule has 12 heavy (non-hydrogen) atoms. The molecule has 1 saturated carbocycles. The highest BCUT2D eigenvalue weighted by Gasteiger charge is 2.61. The standard InChI is InChI=1S/C10H22OP/c1-9(2,3)11-10(7-8-10)12(4,5)6/h7-8H2,1-6H3/q+1. The van der Waals surface area contributed by atoms with E-state index in [1.165, 1.54) is 12.8 Å². The summed E-state index contributed by atoms with van der Waals surface area (Å²) < 4.78 is 6.15. The van der Waals surface area contributed by atoms with E-state index in [0.29, 0.717) is 0 Å². The molecule has 1 rings (SSSR count). The lowest BCUT2D eigenvalue weighted by Crippen LogP contribution is -2.30. The average Bonchev–Trinajstić information content (AvgIpc) is 2.39. The molecule has 0 amide bonds. The van der Waals surface area contributed by atoms with Gasteiger partial charge in [-0.05, 0) is 20.8 Å². The smallest absolute Gasteiger partial charge is 0.177 e. The fourth-order valence-corrected chi connectivity index (χ4v) is 3.59. The van der Waals surface area contributed by atoms with Crippen LogP contribution in [0.15, 0.2) is 0 Å². The Bertz CT molecular complexity index is 169. The lowest BCUT2D eigenvalue weighted by Gasteiger charge is -2.31. The summed E-state index contributed by atoms with van der Waals surface area (Å²) in [4.78, 5) is 0. The molecule has 0 heterocycles. The zero-order chi connectivity index (χ0) is 9.62. The van der Waals surface area contributed by atoms with Crippen LogP contribution in [0.4, 0.5) is 0 Å². The van der Waals surface area contributed by atoms with E-state index in [1.807, 2.05) is 0 Å². The summed E-state index contributed by atoms with van der Waals surface area (Å²) in [6.07, 6.45) is 2.56. The SMILES string of the molecule is CC(C)(C)OC1([P+](C)(C)C)CC1. The molecule has 0 N–H and O–H groups in total. The molecule has 0 aliphatic heterocycles. The Morgan fingerprint density at radius 1 is 1.08 bits per heavy atom. The van der Waals surface area contributed by atoms with Gasteiger partial charge in [-0.2, -0.15) is 0 Å². The van der Waals surface area contributed by atoms with E-state index >= 15 is 0 Å². The molecule has 0 aromatic rings. The Labute approximate surface area is 77.2 Å². The van der Waals surface area contributed by atoms with Crippen molar-refractivity contribution < 1.29 is 4.74 Å². The van der Waals surface area contributed by atoms with Crippen molar-refractivity contribution in [3.63, 3.8) is 0 Å². The van der Waals surface area contributed by atoms with E-state index in [1.54, 1.807) is 0 Å². The highest BCUT2D eigenvalue weighted by atomic mass is 31.2. The molecule has 72 valence electrons. The summed E-state index contributed by atoms with van der Waals surface area (Å²) in [6.45, 7) is 13.6. The maximum absolute atomic E-state index is 6.15. The maximum Gasteiger partial charge on any atom is 0.177 e. The lowest BCUT2D eigenvalue weighted by molar-refractivity contribution is -0.0357. The van der Waals surface area contributed by atoms with Gasteiger partial charge in [-0.1, -0.05) is 0 Å². The van der Waals surface area contributed by atoms with E-state index in [9.17, 15) is 0 Å². The first kappa shape index (κ1) is 10.5. The van der Waals surface area contributed by atoms with Gasteiger partial charge < -0.3 is 4.74 Å². The largest absolute Gasteiger partial charge is 0.336 e. The van der Waals surface area contributed by atoms with Gasteiger partial charge in [-0.25, -0.2) is 0 Å². The van der Waals surface area contributed by atoms with Gasteiger partial charge in [-0.3, -0.25) is 0 Å². The zero-order valence-electron chi connectivity index (χ0n) is 9.27. The van der Waals surface area contributed by atoms with Crippen molar-refractivity contribution >= 4 is 7.26 Å². The zero-order valence-corrected chi connectivity index (χ0v) is 10.2. The van der Waals surface area contributed by atoms with Gasteiger partial charge in [0.05, 0.1) is 25.6 Å². The molecule has 0 saturated heterocycles. The second-order valence-corrected chi connectivity index (χ2v) is 10.5. The third kappa shape index (κ3) is 2.20. The Morgan fingerprint density at radius 2 is 1.50 bits per heavy atom. The van der Waals surface area contributed by atoms with Crippen LogP contribution in [0.5, 0.6) is 0 Å². The van der Waals surface area contributed by atoms with E-state index in [-0.39, 0.29) is 10.9 Å². The van der Waals surface area contributed by atoms with Crippen molar-refractivity contribution in [1.82, 2.24) is 0 Å². The molecule has 1 aliphatic rings. The molecule has 0 aromatic carbocycles. The third-order valence-corrected chi connectivity index (χ3v) is 5.38. The van der Waals surface area contributed by atoms with Crippen LogP contribution in [0.2, 0.25) is 0 Å². The Kier molecular flexibility index (Phi) is 2.34. The van der Waals surface area contributed by atoms with Gasteiger partial charge in [0.15, 0.2) is 5.34 Å². The highest BCUT2D eigenvalue weighted by Crippen LogP contribution is 2.72. The Balaban J connectivity index is 2.63. The van der Waals surface area contributed by atoms with Crippen molar-refractivity contribution in [2.75, 3.05) is 20.0 Å². The van der Waals surface area contributed by atoms with Crippen molar-refractivity contribution in [2.24, 2.45) is 0 Å². The van der Waals surface area contributed by atoms with Crippen molar-refractivity contribution in [3.05, 3.63) is 0 Å². The first-order chi connectivity index (χ1) is 5.16. The highest BCUT2D eigenvalue weighted by molar-refractivity contribution is 7.75. The van der Waals surface area contributed by atoms with E-state index in [0.717, 1.165) is 0 Å². The molecule has 0 aromatic heterocycles. The first-order valence-electron chi connectivity index (χ1n) is 4.68. The third-order valence-electron chi connectivity index (χ3n) is 2.40. The molecule has 1 aliphatic carbocycles. The van der Waals surface area contributed by atoms with E-state index in [2.05, 4.69) is 40.8 Å². The van der Waals surface area contributed by atoms with Crippen molar-refractivity contribution in [1.29, 1.82) is 0 Å². The van der Waals surface area contributed by atoms with Crippen LogP contribution in [0.3, 0.4) is 0 Å². The normalized spacial score (nSPS) is 22.5. The number of hydrogen-bond acceptors (Lipinski definition) is 1. The van der Waals surface area contributed by atoms with Crippen molar-refractivity contribution in [3.8, 4) is 0 Å². The predicted molar refractivity (Wildman–Crippen MR) is 57.5 cm³/mol. The molecule has 2 heteroatoms. The molecular weight excluding hydrogens is 167 g/mol. The van der Waals surface area contributed by atoms with E-state index in [4.69, 9.17) is 4.74 Å². The van der Waals surface area contributed by atoms with Gasteiger partial charge in [0.1, 0.15) is 0 Å². The summed E-state index contributed by atoms with van der Waals surface area (Å²) >= 11 is 0. The average molecular weight is 189 g/mol. The van der Waals surface area contributed by atoms with Crippen molar-refractivity contribution in [2.45, 2.75) is 44.6 Å². The van der Waals surface area contributed by atoms with Gasteiger partial charge >= 0.3 is 0 Å². The Hall–Kier alpha value is 0.390. The molecule has 0 atom stereocenters. The molecule has 0 unspecified atom stereocenters. The predicted octanol–water partition coefficient (Wildman–Crippen LogP) is 3.20. The molecule has 0 radical (unpaired) electrons. The van der Waals surface area contributed by atoms with Crippen LogP contribution in [0.1, 0.15) is 33.6 Å². The number of hydrogen-bond donors (Lipinski definition) is 0. The topological polar surface area (TPSA) is 9.23 Å². The maximum atomic E-state index is 6.15. The van der Waals surface area contributed by atoms with Gasteiger partial charge in [0, 0.05) is 20.1 Å². The fourth-order valence-electron chi connectivity index (χ4n) is 1.59. The summed E-state index contributed by atoms with van der Waals surface area (Å²) in [5.41, 5.74) is 0.0315. The molecule has 0 bridgehead atoms. The quantitative estimate of drug-likeness (QED) is 0.606. The summed E-state index contributed by atoms with van der Waals surface area (Å²) in [5, 5.41) is 0.283. The van der Waals surface area contributed by atoms with Gasteiger partial charge in [-0.15, -0.1) is 0 Å². The minimum Gasteiger partial charge on any atom is -0.336 e. The van der Waals surface area contributed by atoms with Crippen LogP contribution in [-0.4, -0.2) is 30.9 Å². The van der Waals surface area contributed by atoms with E-state index < -0.39 is 7.26 Å². The lowest BCUT2D eigenvalue weighted by atomic mass is 10.2. The van der Waals surface area contributed by atoms with Crippen LogP contribution < -0.4 is 0 Å². The number of rotatable bonds is 2. The second kappa shape index (κ2) is 2.69. The number of ether oxygens (including phenoxy) is 1. The van der Waals surface area contributed by atoms with Gasteiger partial charge in [0.25, 0.3) is 0 Å². The van der Waals surface area contributed by atoms with Crippen LogP contribution in [-0.2, 0) is 4.74 Å². The van der Waals surface area contributed by atoms with Gasteiger partial charge in [0.2, 0.25) is 0 Å². The fraction of sp³-hybridized carbons (Fsp3) is 1.00. The first-order valence-corrected chi connectivity index (χ1v) is 7.81.